The summed E-state index contributed by atoms with van der Waals surface area (Å²) in [5.41, 5.74) is 0. The number of aliphatic carboxylic acids is 1. The van der Waals surface area contributed by atoms with E-state index >= 15 is 0 Å². The highest BCUT2D eigenvalue weighted by molar-refractivity contribution is 7.51. The highest BCUT2D eigenvalue weighted by Gasteiger charge is 2.24. The van der Waals surface area contributed by atoms with Gasteiger partial charge in [0.1, 0.15) is 6.04 Å². The zero-order valence-corrected chi connectivity index (χ0v) is 8.36. The third-order valence-electron chi connectivity index (χ3n) is 1.45. The summed E-state index contributed by atoms with van der Waals surface area (Å²) in [5, 5.41) is 10.9. The lowest BCUT2D eigenvalue weighted by atomic mass is 10.1. The molecule has 0 fully saturated rings. The van der Waals surface area contributed by atoms with E-state index in [9.17, 15) is 9.36 Å². The van der Waals surface area contributed by atoms with Crippen LogP contribution in [0.3, 0.4) is 0 Å². The van der Waals surface area contributed by atoms with Crippen LogP contribution in [0.25, 0.3) is 0 Å². The van der Waals surface area contributed by atoms with Crippen molar-refractivity contribution in [1.82, 2.24) is 5.32 Å². The van der Waals surface area contributed by atoms with Crippen molar-refractivity contribution in [3.05, 3.63) is 0 Å². The van der Waals surface area contributed by atoms with Crippen molar-refractivity contribution in [3.8, 4) is 0 Å². The molecule has 0 aliphatic rings. The molecule has 4 N–H and O–H groups in total. The van der Waals surface area contributed by atoms with Crippen LogP contribution in [-0.4, -0.2) is 33.2 Å². The monoisotopic (exact) mass is 211 g/mol. The van der Waals surface area contributed by atoms with E-state index in [1.54, 1.807) is 13.8 Å². The molecule has 0 aliphatic carbocycles. The molecule has 78 valence electrons. The topological polar surface area (TPSA) is 107 Å². The summed E-state index contributed by atoms with van der Waals surface area (Å²) in [6, 6.07) is -0.923. The van der Waals surface area contributed by atoms with Gasteiger partial charge in [0, 0.05) is 0 Å². The third-order valence-corrected chi connectivity index (χ3v) is 2.04. The standard InChI is InChI=1S/C6H14NO5P/c1-4(2)5(6(8)9)7-3-13(10,11)12/h4-5,7H,3H2,1-2H3,(H,8,9)(H2,10,11,12). The van der Waals surface area contributed by atoms with Gasteiger partial charge in [0.25, 0.3) is 0 Å². The Kier molecular flexibility index (Phi) is 4.56. The Hall–Kier alpha value is -0.420. The minimum atomic E-state index is -4.17. The van der Waals surface area contributed by atoms with Crippen LogP contribution in [-0.2, 0) is 9.36 Å². The van der Waals surface area contributed by atoms with Crippen LogP contribution < -0.4 is 5.32 Å². The third kappa shape index (κ3) is 5.76. The summed E-state index contributed by atoms with van der Waals surface area (Å²) in [6.45, 7) is 3.32. The number of hydrogen-bond donors (Lipinski definition) is 4. The summed E-state index contributed by atoms with van der Waals surface area (Å²) >= 11 is 0. The van der Waals surface area contributed by atoms with Crippen molar-refractivity contribution in [2.24, 2.45) is 5.92 Å². The lowest BCUT2D eigenvalue weighted by Crippen LogP contribution is -2.41. The van der Waals surface area contributed by atoms with Crippen LogP contribution in [0, 0.1) is 5.92 Å². The molecule has 0 bridgehead atoms. The molecule has 0 heterocycles. The van der Waals surface area contributed by atoms with Crippen LogP contribution in [0.15, 0.2) is 0 Å². The largest absolute Gasteiger partial charge is 0.480 e. The Balaban J connectivity index is 4.14. The molecule has 1 unspecified atom stereocenters. The van der Waals surface area contributed by atoms with E-state index in [1.807, 2.05) is 0 Å². The lowest BCUT2D eigenvalue weighted by Gasteiger charge is -2.17. The Bertz CT molecular complexity index is 223. The quantitative estimate of drug-likeness (QED) is 0.470. The summed E-state index contributed by atoms with van der Waals surface area (Å²) in [5.74, 6) is -1.33. The Morgan fingerprint density at radius 1 is 1.46 bits per heavy atom. The summed E-state index contributed by atoms with van der Waals surface area (Å²) in [7, 11) is -4.17. The second-order valence-electron chi connectivity index (χ2n) is 3.09. The van der Waals surface area contributed by atoms with Gasteiger partial charge < -0.3 is 14.9 Å². The molecule has 0 saturated carbocycles. The average molecular weight is 211 g/mol. The van der Waals surface area contributed by atoms with Gasteiger partial charge in [-0.2, -0.15) is 0 Å². The number of nitrogens with one attached hydrogen (secondary N) is 1. The first kappa shape index (κ1) is 12.6. The fraction of sp³-hybridized carbons (Fsp3) is 0.833. The van der Waals surface area contributed by atoms with Gasteiger partial charge in [0.05, 0.1) is 6.29 Å². The van der Waals surface area contributed by atoms with Gasteiger partial charge >= 0.3 is 13.6 Å². The highest BCUT2D eigenvalue weighted by atomic mass is 31.2. The van der Waals surface area contributed by atoms with Crippen molar-refractivity contribution >= 4 is 13.6 Å². The summed E-state index contributed by atoms with van der Waals surface area (Å²) in [4.78, 5) is 27.5. The smallest absolute Gasteiger partial charge is 0.339 e. The molecule has 1 atom stereocenters. The average Bonchev–Trinajstić information content (AvgIpc) is 1.82. The molecule has 0 rings (SSSR count). The van der Waals surface area contributed by atoms with Gasteiger partial charge in [-0.15, -0.1) is 0 Å². The predicted molar refractivity (Wildman–Crippen MR) is 46.3 cm³/mol. The molecule has 0 spiro atoms. The summed E-state index contributed by atoms with van der Waals surface area (Å²) in [6.07, 6.45) is -0.609. The fourth-order valence-corrected chi connectivity index (χ4v) is 1.26. The summed E-state index contributed by atoms with van der Waals surface area (Å²) < 4.78 is 10.4. The van der Waals surface area contributed by atoms with Crippen LogP contribution in [0.5, 0.6) is 0 Å². The van der Waals surface area contributed by atoms with Crippen molar-refractivity contribution < 1.29 is 24.3 Å². The van der Waals surface area contributed by atoms with Crippen LogP contribution in [0.4, 0.5) is 0 Å². The number of hydrogen-bond acceptors (Lipinski definition) is 3. The van der Waals surface area contributed by atoms with Crippen molar-refractivity contribution in [2.75, 3.05) is 6.29 Å². The van der Waals surface area contributed by atoms with Crippen LogP contribution in [0.2, 0.25) is 0 Å². The van der Waals surface area contributed by atoms with Crippen LogP contribution in [0.1, 0.15) is 13.8 Å². The fourth-order valence-electron chi connectivity index (χ4n) is 0.825. The molecular formula is C6H14NO5P. The van der Waals surface area contributed by atoms with E-state index in [1.165, 1.54) is 0 Å². The van der Waals surface area contributed by atoms with Gasteiger partial charge in [-0.1, -0.05) is 13.8 Å². The second kappa shape index (κ2) is 4.72. The second-order valence-corrected chi connectivity index (χ2v) is 4.73. The molecule has 0 amide bonds. The van der Waals surface area contributed by atoms with Gasteiger partial charge in [-0.05, 0) is 5.92 Å². The minimum Gasteiger partial charge on any atom is -0.480 e. The molecular weight excluding hydrogens is 197 g/mol. The zero-order chi connectivity index (χ0) is 10.6. The van der Waals surface area contributed by atoms with E-state index < -0.39 is 25.9 Å². The molecule has 0 radical (unpaired) electrons. The van der Waals surface area contributed by atoms with Gasteiger partial charge in [0.15, 0.2) is 0 Å². The van der Waals surface area contributed by atoms with Crippen molar-refractivity contribution in [3.63, 3.8) is 0 Å². The maximum Gasteiger partial charge on any atom is 0.339 e. The number of carboxylic acids is 1. The van der Waals surface area contributed by atoms with Gasteiger partial charge in [-0.25, -0.2) is 0 Å². The first-order chi connectivity index (χ1) is 5.74. The first-order valence-corrected chi connectivity index (χ1v) is 5.54. The maximum absolute atomic E-state index is 10.5. The number of carbonyl (C=O) groups is 1. The van der Waals surface area contributed by atoms with Crippen molar-refractivity contribution in [2.45, 2.75) is 19.9 Å². The number of rotatable bonds is 5. The van der Waals surface area contributed by atoms with E-state index in [2.05, 4.69) is 5.32 Å². The first-order valence-electron chi connectivity index (χ1n) is 3.75. The van der Waals surface area contributed by atoms with E-state index in [4.69, 9.17) is 14.9 Å². The molecule has 0 aromatic carbocycles. The molecule has 0 saturated heterocycles. The maximum atomic E-state index is 10.5. The molecule has 13 heavy (non-hydrogen) atoms. The Morgan fingerprint density at radius 3 is 2.15 bits per heavy atom. The van der Waals surface area contributed by atoms with E-state index in [-0.39, 0.29) is 5.92 Å². The Labute approximate surface area is 76.1 Å². The van der Waals surface area contributed by atoms with Gasteiger partial charge in [0.2, 0.25) is 0 Å². The van der Waals surface area contributed by atoms with E-state index in [0.29, 0.717) is 0 Å². The van der Waals surface area contributed by atoms with E-state index in [0.717, 1.165) is 0 Å². The molecule has 7 heteroatoms. The molecule has 6 nitrogen and oxygen atoms in total. The molecule has 0 aromatic heterocycles. The van der Waals surface area contributed by atoms with Gasteiger partial charge in [-0.3, -0.25) is 14.7 Å². The van der Waals surface area contributed by atoms with Crippen molar-refractivity contribution in [1.29, 1.82) is 0 Å². The molecule has 0 aliphatic heterocycles. The SMILES string of the molecule is CC(C)C(NCP(=O)(O)O)C(=O)O. The molecule has 0 aromatic rings. The normalized spacial score (nSPS) is 14.5. The predicted octanol–water partition coefficient (Wildman–Crippen LogP) is -0.180. The Morgan fingerprint density at radius 2 is 1.92 bits per heavy atom. The highest BCUT2D eigenvalue weighted by Crippen LogP contribution is 2.32. The zero-order valence-electron chi connectivity index (χ0n) is 7.47. The van der Waals surface area contributed by atoms with Crippen LogP contribution >= 0.6 is 7.60 Å². The number of carboxylic acid groups (broad SMARTS) is 1. The minimum absolute atomic E-state index is 0.218. The lowest BCUT2D eigenvalue weighted by molar-refractivity contribution is -0.140.